The Labute approximate surface area is 120 Å². The van der Waals surface area contributed by atoms with Crippen molar-refractivity contribution in [2.75, 3.05) is 0 Å². The molecule has 106 valence electrons. The molecule has 2 aromatic rings. The molecule has 0 radical (unpaired) electrons. The van der Waals surface area contributed by atoms with Gasteiger partial charge in [0.25, 0.3) is 0 Å². The third-order valence-corrected chi connectivity index (χ3v) is 3.27. The minimum Gasteiger partial charge on any atom is -0.491 e. The molecule has 1 atom stereocenters. The van der Waals surface area contributed by atoms with Crippen molar-refractivity contribution in [3.8, 4) is 5.75 Å². The third kappa shape index (κ3) is 3.36. The number of rotatable bonds is 5. The number of nitrogens with two attached hydrogens (primary N) is 1. The van der Waals surface area contributed by atoms with Crippen LogP contribution in [0.1, 0.15) is 43.5 Å². The van der Waals surface area contributed by atoms with Crippen molar-refractivity contribution in [3.05, 3.63) is 59.4 Å². The van der Waals surface area contributed by atoms with Gasteiger partial charge in [0.1, 0.15) is 5.75 Å². The first-order valence-electron chi connectivity index (χ1n) is 7.06. The summed E-state index contributed by atoms with van der Waals surface area (Å²) in [5.74, 6) is 0.876. The summed E-state index contributed by atoms with van der Waals surface area (Å²) in [5, 5.41) is 0. The van der Waals surface area contributed by atoms with E-state index in [2.05, 4.69) is 11.9 Å². The maximum Gasteiger partial charge on any atom is 0.119 e. The van der Waals surface area contributed by atoms with Crippen molar-refractivity contribution in [3.63, 3.8) is 0 Å². The highest BCUT2D eigenvalue weighted by Crippen LogP contribution is 2.24. The van der Waals surface area contributed by atoms with Crippen LogP contribution in [-0.2, 0) is 6.42 Å². The molecule has 0 spiro atoms. The van der Waals surface area contributed by atoms with Gasteiger partial charge in [-0.2, -0.15) is 0 Å². The number of pyridine rings is 1. The van der Waals surface area contributed by atoms with Crippen LogP contribution in [0, 0.1) is 0 Å². The lowest BCUT2D eigenvalue weighted by Crippen LogP contribution is -2.14. The Kier molecular flexibility index (Phi) is 4.74. The van der Waals surface area contributed by atoms with Gasteiger partial charge in [-0.15, -0.1) is 0 Å². The Bertz CT molecular complexity index is 549. The lowest BCUT2D eigenvalue weighted by Gasteiger charge is -2.17. The van der Waals surface area contributed by atoms with Crippen LogP contribution in [0.25, 0.3) is 0 Å². The zero-order valence-electron chi connectivity index (χ0n) is 12.3. The van der Waals surface area contributed by atoms with Gasteiger partial charge in [0, 0.05) is 12.4 Å². The molecule has 0 aliphatic carbocycles. The molecule has 0 saturated heterocycles. The minimum absolute atomic E-state index is 0.124. The Morgan fingerprint density at radius 3 is 2.45 bits per heavy atom. The number of ether oxygens (including phenoxy) is 1. The fourth-order valence-corrected chi connectivity index (χ4v) is 2.24. The van der Waals surface area contributed by atoms with Gasteiger partial charge < -0.3 is 10.5 Å². The van der Waals surface area contributed by atoms with E-state index in [1.54, 1.807) is 6.20 Å². The summed E-state index contributed by atoms with van der Waals surface area (Å²) < 4.78 is 5.65. The fourth-order valence-electron chi connectivity index (χ4n) is 2.24. The highest BCUT2D eigenvalue weighted by atomic mass is 16.5. The Morgan fingerprint density at radius 1 is 1.15 bits per heavy atom. The van der Waals surface area contributed by atoms with Gasteiger partial charge in [0.2, 0.25) is 0 Å². The van der Waals surface area contributed by atoms with E-state index >= 15 is 0 Å². The van der Waals surface area contributed by atoms with Gasteiger partial charge in [-0.3, -0.25) is 4.98 Å². The van der Waals surface area contributed by atoms with Crippen LogP contribution in [0.4, 0.5) is 0 Å². The van der Waals surface area contributed by atoms with E-state index in [0.717, 1.165) is 23.3 Å². The zero-order chi connectivity index (χ0) is 14.5. The van der Waals surface area contributed by atoms with Crippen molar-refractivity contribution < 1.29 is 4.74 Å². The second-order valence-corrected chi connectivity index (χ2v) is 5.14. The zero-order valence-corrected chi connectivity index (χ0v) is 12.3. The highest BCUT2D eigenvalue weighted by Gasteiger charge is 2.12. The Morgan fingerprint density at radius 2 is 1.85 bits per heavy atom. The second kappa shape index (κ2) is 6.53. The average molecular weight is 270 g/mol. The van der Waals surface area contributed by atoms with Crippen LogP contribution in [0.5, 0.6) is 5.75 Å². The van der Waals surface area contributed by atoms with Crippen molar-refractivity contribution in [2.24, 2.45) is 5.73 Å². The van der Waals surface area contributed by atoms with E-state index in [0.29, 0.717) is 0 Å². The molecule has 0 aliphatic rings. The lowest BCUT2D eigenvalue weighted by molar-refractivity contribution is 0.242. The van der Waals surface area contributed by atoms with E-state index in [1.165, 1.54) is 5.56 Å². The van der Waals surface area contributed by atoms with Crippen LogP contribution in [-0.4, -0.2) is 11.1 Å². The highest BCUT2D eigenvalue weighted by molar-refractivity contribution is 5.37. The number of nitrogens with zero attached hydrogens (tertiary/aromatic N) is 1. The first kappa shape index (κ1) is 14.5. The Balaban J connectivity index is 2.22. The molecule has 0 amide bonds. The summed E-state index contributed by atoms with van der Waals surface area (Å²) >= 11 is 0. The van der Waals surface area contributed by atoms with Crippen LogP contribution in [0.2, 0.25) is 0 Å². The molecule has 2 rings (SSSR count). The molecule has 1 unspecified atom stereocenters. The molecule has 0 bridgehead atoms. The average Bonchev–Trinajstić information content (AvgIpc) is 2.46. The molecule has 1 heterocycles. The number of aromatic nitrogens is 1. The lowest BCUT2D eigenvalue weighted by atomic mass is 9.95. The monoisotopic (exact) mass is 270 g/mol. The quantitative estimate of drug-likeness (QED) is 0.905. The third-order valence-electron chi connectivity index (χ3n) is 3.27. The molecule has 3 nitrogen and oxygen atoms in total. The van der Waals surface area contributed by atoms with Crippen molar-refractivity contribution in [1.29, 1.82) is 0 Å². The first-order chi connectivity index (χ1) is 9.61. The molecule has 1 aromatic carbocycles. The van der Waals surface area contributed by atoms with Gasteiger partial charge >= 0.3 is 0 Å². The Hall–Kier alpha value is -1.87. The van der Waals surface area contributed by atoms with Gasteiger partial charge in [-0.05, 0) is 55.2 Å². The maximum atomic E-state index is 6.38. The summed E-state index contributed by atoms with van der Waals surface area (Å²) in [4.78, 5) is 4.16. The number of hydrogen-bond acceptors (Lipinski definition) is 3. The summed E-state index contributed by atoms with van der Waals surface area (Å²) in [5.41, 5.74) is 9.80. The molecule has 2 N–H and O–H groups in total. The van der Waals surface area contributed by atoms with Crippen LogP contribution in [0.3, 0.4) is 0 Å². The minimum atomic E-state index is -0.124. The topological polar surface area (TPSA) is 48.1 Å². The van der Waals surface area contributed by atoms with Crippen LogP contribution in [0.15, 0.2) is 42.7 Å². The summed E-state index contributed by atoms with van der Waals surface area (Å²) in [6, 6.07) is 9.89. The van der Waals surface area contributed by atoms with Gasteiger partial charge in [0.05, 0.1) is 12.1 Å². The molecule has 20 heavy (non-hydrogen) atoms. The molecule has 0 fully saturated rings. The second-order valence-electron chi connectivity index (χ2n) is 5.14. The molecular weight excluding hydrogens is 248 g/mol. The number of benzene rings is 1. The van der Waals surface area contributed by atoms with Crippen LogP contribution < -0.4 is 10.5 Å². The molecule has 3 heteroatoms. The van der Waals surface area contributed by atoms with Gasteiger partial charge in [-0.25, -0.2) is 0 Å². The van der Waals surface area contributed by atoms with E-state index in [1.807, 2.05) is 50.4 Å². The van der Waals surface area contributed by atoms with E-state index in [9.17, 15) is 0 Å². The SMILES string of the molecule is CCc1cnccc1C(N)c1ccc(OC(C)C)cc1. The largest absolute Gasteiger partial charge is 0.491 e. The standard InChI is InChI=1S/C17H22N2O/c1-4-13-11-19-10-9-16(13)17(18)14-5-7-15(8-6-14)20-12(2)3/h5-12,17H,4,18H2,1-3H3. The number of hydrogen-bond donors (Lipinski definition) is 1. The summed E-state index contributed by atoms with van der Waals surface area (Å²) in [6.45, 7) is 6.15. The van der Waals surface area contributed by atoms with E-state index in [-0.39, 0.29) is 12.1 Å². The van der Waals surface area contributed by atoms with Gasteiger partial charge in [0.15, 0.2) is 0 Å². The normalized spacial score (nSPS) is 12.4. The van der Waals surface area contributed by atoms with Crippen molar-refractivity contribution >= 4 is 0 Å². The molecular formula is C17H22N2O. The molecule has 0 saturated carbocycles. The van der Waals surface area contributed by atoms with Crippen LogP contribution >= 0.6 is 0 Å². The van der Waals surface area contributed by atoms with E-state index in [4.69, 9.17) is 10.5 Å². The number of aryl methyl sites for hydroxylation is 1. The predicted octanol–water partition coefficient (Wildman–Crippen LogP) is 3.48. The van der Waals surface area contributed by atoms with E-state index < -0.39 is 0 Å². The summed E-state index contributed by atoms with van der Waals surface area (Å²) in [6.07, 6.45) is 4.81. The summed E-state index contributed by atoms with van der Waals surface area (Å²) in [7, 11) is 0. The van der Waals surface area contributed by atoms with Crippen molar-refractivity contribution in [2.45, 2.75) is 39.3 Å². The first-order valence-corrected chi connectivity index (χ1v) is 7.06. The van der Waals surface area contributed by atoms with Gasteiger partial charge in [-0.1, -0.05) is 19.1 Å². The van der Waals surface area contributed by atoms with Crippen molar-refractivity contribution in [1.82, 2.24) is 4.98 Å². The maximum absolute atomic E-state index is 6.38. The molecule has 1 aromatic heterocycles. The fraction of sp³-hybridized carbons (Fsp3) is 0.353. The molecule has 0 aliphatic heterocycles. The smallest absolute Gasteiger partial charge is 0.119 e. The predicted molar refractivity (Wildman–Crippen MR) is 81.9 cm³/mol.